The average Bonchev–Trinajstić information content (AvgIpc) is 2.85. The van der Waals surface area contributed by atoms with E-state index in [-0.39, 0.29) is 17.6 Å². The molecule has 0 bridgehead atoms. The monoisotopic (exact) mass is 308 g/mol. The van der Waals surface area contributed by atoms with Gasteiger partial charge in [0, 0.05) is 26.6 Å². The molecule has 3 heterocycles. The summed E-state index contributed by atoms with van der Waals surface area (Å²) in [5, 5.41) is 3.95. The molecule has 3 rings (SSSR count). The van der Waals surface area contributed by atoms with Crippen LogP contribution < -0.4 is 0 Å². The number of rotatable bonds is 4. The van der Waals surface area contributed by atoms with Crippen LogP contribution in [0.25, 0.3) is 0 Å². The topological polar surface area (TPSA) is 64.8 Å². The van der Waals surface area contributed by atoms with Crippen LogP contribution in [-0.4, -0.2) is 54.5 Å². The summed E-state index contributed by atoms with van der Waals surface area (Å²) in [7, 11) is 1.74. The Morgan fingerprint density at radius 2 is 2.27 bits per heavy atom. The number of likely N-dealkylation sites (tertiary alicyclic amines) is 1. The van der Waals surface area contributed by atoms with Gasteiger partial charge in [0.15, 0.2) is 0 Å². The van der Waals surface area contributed by atoms with Gasteiger partial charge in [0.05, 0.1) is 24.9 Å². The van der Waals surface area contributed by atoms with Crippen LogP contribution in [0.2, 0.25) is 0 Å². The first kappa shape index (κ1) is 15.5. The molecular weight excluding hydrogens is 284 g/mol. The minimum absolute atomic E-state index is 0.0102. The van der Waals surface area contributed by atoms with Crippen LogP contribution in [0.4, 0.5) is 0 Å². The Hall–Kier alpha value is -1.40. The zero-order valence-electron chi connectivity index (χ0n) is 13.6. The Bertz CT molecular complexity index is 548. The fourth-order valence-electron chi connectivity index (χ4n) is 3.44. The molecule has 0 saturated carbocycles. The van der Waals surface area contributed by atoms with Crippen molar-refractivity contribution >= 4 is 5.91 Å². The maximum absolute atomic E-state index is 12.7. The van der Waals surface area contributed by atoms with E-state index in [2.05, 4.69) is 12.1 Å². The van der Waals surface area contributed by atoms with Crippen molar-refractivity contribution in [3.8, 4) is 0 Å². The van der Waals surface area contributed by atoms with Crippen molar-refractivity contribution < 1.29 is 18.8 Å². The van der Waals surface area contributed by atoms with Crippen molar-refractivity contribution in [2.75, 3.05) is 26.8 Å². The standard InChI is InChI=1S/C16H24N2O4/c1-4-5-13-14(11(2)17-22-13)15(19)18-9-16(10-18)8-12(20-3)6-7-21-16/h12H,4-10H2,1-3H3/t12-/m1/s1. The number of carbonyl (C=O) groups is 1. The van der Waals surface area contributed by atoms with Crippen LogP contribution in [0.1, 0.15) is 48.0 Å². The maximum atomic E-state index is 12.7. The molecule has 1 aromatic heterocycles. The predicted octanol–water partition coefficient (Wildman–Crippen LogP) is 1.96. The minimum atomic E-state index is -0.218. The molecule has 0 N–H and O–H groups in total. The molecular formula is C16H24N2O4. The van der Waals surface area contributed by atoms with E-state index in [9.17, 15) is 4.79 Å². The Balaban J connectivity index is 1.67. The van der Waals surface area contributed by atoms with E-state index in [1.165, 1.54) is 0 Å². The van der Waals surface area contributed by atoms with Gasteiger partial charge >= 0.3 is 0 Å². The Morgan fingerprint density at radius 3 is 2.95 bits per heavy atom. The lowest BCUT2D eigenvalue weighted by molar-refractivity contribution is -0.181. The molecule has 1 atom stereocenters. The summed E-state index contributed by atoms with van der Waals surface area (Å²) >= 11 is 0. The maximum Gasteiger partial charge on any atom is 0.259 e. The highest BCUT2D eigenvalue weighted by Gasteiger charge is 2.50. The molecule has 1 amide bonds. The van der Waals surface area contributed by atoms with Crippen molar-refractivity contribution in [3.63, 3.8) is 0 Å². The molecule has 0 aliphatic carbocycles. The molecule has 1 spiro atoms. The fourth-order valence-corrected chi connectivity index (χ4v) is 3.44. The molecule has 2 aliphatic heterocycles. The summed E-state index contributed by atoms with van der Waals surface area (Å²) in [5.74, 6) is 0.709. The highest BCUT2D eigenvalue weighted by atomic mass is 16.5. The van der Waals surface area contributed by atoms with Crippen molar-refractivity contribution in [1.29, 1.82) is 0 Å². The van der Waals surface area contributed by atoms with E-state index in [1.807, 2.05) is 11.8 Å². The molecule has 2 fully saturated rings. The number of aromatic nitrogens is 1. The van der Waals surface area contributed by atoms with Gasteiger partial charge in [-0.3, -0.25) is 4.79 Å². The lowest BCUT2D eigenvalue weighted by Crippen LogP contribution is -2.67. The molecule has 1 aromatic rings. The zero-order chi connectivity index (χ0) is 15.7. The predicted molar refractivity (Wildman–Crippen MR) is 79.9 cm³/mol. The number of carbonyl (C=O) groups excluding carboxylic acids is 1. The third kappa shape index (κ3) is 2.65. The van der Waals surface area contributed by atoms with Crippen LogP contribution in [0.3, 0.4) is 0 Å². The Morgan fingerprint density at radius 1 is 1.50 bits per heavy atom. The smallest absolute Gasteiger partial charge is 0.259 e. The molecule has 122 valence electrons. The molecule has 22 heavy (non-hydrogen) atoms. The Kier molecular flexibility index (Phi) is 4.23. The lowest BCUT2D eigenvalue weighted by atomic mass is 9.84. The van der Waals surface area contributed by atoms with Gasteiger partial charge in [-0.2, -0.15) is 0 Å². The van der Waals surface area contributed by atoms with Crippen LogP contribution in [0.15, 0.2) is 4.52 Å². The number of hydrogen-bond acceptors (Lipinski definition) is 5. The van der Waals surface area contributed by atoms with Gasteiger partial charge in [-0.15, -0.1) is 0 Å². The van der Waals surface area contributed by atoms with Gasteiger partial charge in [-0.05, 0) is 19.8 Å². The highest BCUT2D eigenvalue weighted by Crippen LogP contribution is 2.36. The van der Waals surface area contributed by atoms with Crippen molar-refractivity contribution in [3.05, 3.63) is 17.0 Å². The van der Waals surface area contributed by atoms with Crippen molar-refractivity contribution in [2.24, 2.45) is 0 Å². The SMILES string of the molecule is CCCc1onc(C)c1C(=O)N1CC2(C[C@H](OC)CCO2)C1. The first-order chi connectivity index (χ1) is 10.6. The number of methoxy groups -OCH3 is 1. The first-order valence-electron chi connectivity index (χ1n) is 8.00. The third-order valence-electron chi connectivity index (χ3n) is 4.65. The summed E-state index contributed by atoms with van der Waals surface area (Å²) < 4.78 is 16.7. The molecule has 6 nitrogen and oxygen atoms in total. The largest absolute Gasteiger partial charge is 0.381 e. The van der Waals surface area contributed by atoms with Crippen LogP contribution in [0.5, 0.6) is 0 Å². The van der Waals surface area contributed by atoms with Gasteiger partial charge in [-0.25, -0.2) is 0 Å². The van der Waals surface area contributed by atoms with E-state index < -0.39 is 0 Å². The van der Waals surface area contributed by atoms with Crippen LogP contribution in [0, 0.1) is 6.92 Å². The molecule has 0 aromatic carbocycles. The van der Waals surface area contributed by atoms with Gasteiger partial charge < -0.3 is 18.9 Å². The summed E-state index contributed by atoms with van der Waals surface area (Å²) in [6.07, 6.45) is 3.69. The quantitative estimate of drug-likeness (QED) is 0.850. The first-order valence-corrected chi connectivity index (χ1v) is 8.00. The summed E-state index contributed by atoms with van der Waals surface area (Å²) in [4.78, 5) is 14.6. The summed E-state index contributed by atoms with van der Waals surface area (Å²) in [6.45, 7) is 5.84. The van der Waals surface area contributed by atoms with Gasteiger partial charge in [0.2, 0.25) is 0 Å². The zero-order valence-corrected chi connectivity index (χ0v) is 13.6. The molecule has 2 saturated heterocycles. The number of amides is 1. The van der Waals surface area contributed by atoms with E-state index in [1.54, 1.807) is 7.11 Å². The molecule has 2 aliphatic rings. The highest BCUT2D eigenvalue weighted by molar-refractivity contribution is 5.96. The number of aryl methyl sites for hydroxylation is 2. The van der Waals surface area contributed by atoms with Gasteiger partial charge in [0.1, 0.15) is 16.9 Å². The lowest BCUT2D eigenvalue weighted by Gasteiger charge is -2.52. The van der Waals surface area contributed by atoms with Crippen LogP contribution >= 0.6 is 0 Å². The van der Waals surface area contributed by atoms with Crippen molar-refractivity contribution in [1.82, 2.24) is 10.1 Å². The third-order valence-corrected chi connectivity index (χ3v) is 4.65. The molecule has 6 heteroatoms. The normalized spacial score (nSPS) is 23.6. The fraction of sp³-hybridized carbons (Fsp3) is 0.750. The second-order valence-corrected chi connectivity index (χ2v) is 6.36. The second-order valence-electron chi connectivity index (χ2n) is 6.36. The molecule has 0 unspecified atom stereocenters. The summed E-state index contributed by atoms with van der Waals surface area (Å²) in [5.41, 5.74) is 1.09. The number of hydrogen-bond donors (Lipinski definition) is 0. The van der Waals surface area contributed by atoms with E-state index in [4.69, 9.17) is 14.0 Å². The minimum Gasteiger partial charge on any atom is -0.381 e. The number of nitrogens with zero attached hydrogens (tertiary/aromatic N) is 2. The summed E-state index contributed by atoms with van der Waals surface area (Å²) in [6, 6.07) is 0. The van der Waals surface area contributed by atoms with E-state index in [0.717, 1.165) is 25.7 Å². The van der Waals surface area contributed by atoms with Gasteiger partial charge in [0.25, 0.3) is 5.91 Å². The Labute approximate surface area is 130 Å². The molecule has 0 radical (unpaired) electrons. The van der Waals surface area contributed by atoms with E-state index >= 15 is 0 Å². The average molecular weight is 308 g/mol. The van der Waals surface area contributed by atoms with E-state index in [0.29, 0.717) is 36.7 Å². The van der Waals surface area contributed by atoms with Gasteiger partial charge in [-0.1, -0.05) is 12.1 Å². The second kappa shape index (κ2) is 6.01. The number of ether oxygens (including phenoxy) is 2. The van der Waals surface area contributed by atoms with Crippen LogP contribution in [-0.2, 0) is 15.9 Å². The van der Waals surface area contributed by atoms with Crippen molar-refractivity contribution in [2.45, 2.75) is 51.2 Å².